The summed E-state index contributed by atoms with van der Waals surface area (Å²) in [5.41, 5.74) is -5.32. The van der Waals surface area contributed by atoms with Crippen LogP contribution in [0.1, 0.15) is 26.7 Å². The molecule has 0 saturated carbocycles. The van der Waals surface area contributed by atoms with E-state index < -0.39 is 30.0 Å². The molecule has 2 N–H and O–H groups in total. The number of halogens is 3. The molecule has 0 atom stereocenters. The van der Waals surface area contributed by atoms with Gasteiger partial charge in [-0.2, -0.15) is 21.6 Å². The summed E-state index contributed by atoms with van der Waals surface area (Å²) in [5, 5.41) is 0. The van der Waals surface area contributed by atoms with Crippen LogP contribution < -0.4 is 0 Å². The van der Waals surface area contributed by atoms with Crippen LogP contribution >= 0.6 is 8.25 Å². The van der Waals surface area contributed by atoms with Gasteiger partial charge in [0.05, 0.1) is 6.10 Å². The summed E-state index contributed by atoms with van der Waals surface area (Å²) >= 11 is 0. The van der Waals surface area contributed by atoms with Gasteiger partial charge in [0.15, 0.2) is 0 Å². The van der Waals surface area contributed by atoms with Crippen LogP contribution in [0.2, 0.25) is 0 Å². The molecule has 0 aromatic heterocycles. The lowest BCUT2D eigenvalue weighted by Crippen LogP contribution is -2.29. The van der Waals surface area contributed by atoms with Crippen molar-refractivity contribution < 1.29 is 40.1 Å². The van der Waals surface area contributed by atoms with Crippen molar-refractivity contribution in [2.75, 3.05) is 0 Å². The molecule has 0 heterocycles. The lowest BCUT2D eigenvalue weighted by atomic mass is 10.2. The van der Waals surface area contributed by atoms with Crippen molar-refractivity contribution in [3.05, 3.63) is 0 Å². The topological polar surface area (TPSA) is 101 Å². The number of hydrogen-bond acceptors (Lipinski definition) is 4. The Morgan fingerprint density at radius 2 is 1.53 bits per heavy atom. The average Bonchev–Trinajstić information content (AvgIpc) is 2.11. The van der Waals surface area contributed by atoms with E-state index in [1.54, 1.807) is 13.8 Å². The molecule has 106 valence electrons. The van der Waals surface area contributed by atoms with Crippen LogP contribution in [0.4, 0.5) is 13.2 Å². The average molecular weight is 302 g/mol. The van der Waals surface area contributed by atoms with Gasteiger partial charge in [-0.05, 0) is 12.8 Å². The molecule has 0 aliphatic heterocycles. The molecule has 0 aromatic rings. The maximum atomic E-state index is 11.8. The first-order valence-electron chi connectivity index (χ1n) is 4.39. The molecule has 0 bridgehead atoms. The molecule has 17 heavy (non-hydrogen) atoms. The van der Waals surface area contributed by atoms with Crippen LogP contribution in [0.25, 0.3) is 0 Å². The van der Waals surface area contributed by atoms with Crippen LogP contribution in [0.3, 0.4) is 0 Å². The lowest BCUT2D eigenvalue weighted by Gasteiger charge is -2.14. The molecule has 0 radical (unpaired) electrons. The molecular weight excluding hydrogens is 288 g/mol. The normalized spacial score (nSPS) is 12.5. The van der Waals surface area contributed by atoms with Crippen LogP contribution in [0, 0.1) is 0 Å². The molecule has 0 aliphatic carbocycles. The second-order valence-corrected chi connectivity index (χ2v) is 4.85. The van der Waals surface area contributed by atoms with Crippen molar-refractivity contribution in [3.63, 3.8) is 0 Å². The van der Waals surface area contributed by atoms with E-state index in [0.717, 1.165) is 0 Å². The quantitative estimate of drug-likeness (QED) is 0.462. The third kappa shape index (κ3) is 9.54. The van der Waals surface area contributed by atoms with Crippen LogP contribution in [-0.4, -0.2) is 29.8 Å². The standard InChI is InChI=1S/C6H11F3O3S.H3O3P/c1-3-5(4-2)12-13(10,11)6(7,8)9;1-4(2)3/h5H,3-4H2,1-2H3;4H,(H2,1,2,3). The smallest absolute Gasteiger partial charge is 0.326 e. The van der Waals surface area contributed by atoms with Crippen molar-refractivity contribution in [2.45, 2.75) is 38.3 Å². The molecule has 0 spiro atoms. The van der Waals surface area contributed by atoms with Crippen LogP contribution in [0.15, 0.2) is 0 Å². The minimum Gasteiger partial charge on any atom is -0.326 e. The van der Waals surface area contributed by atoms with Gasteiger partial charge in [-0.25, -0.2) is 0 Å². The first-order chi connectivity index (χ1) is 7.47. The van der Waals surface area contributed by atoms with E-state index in [0.29, 0.717) is 0 Å². The highest BCUT2D eigenvalue weighted by Gasteiger charge is 2.48. The van der Waals surface area contributed by atoms with Gasteiger partial charge in [0.25, 0.3) is 0 Å². The Kier molecular flexibility index (Phi) is 9.08. The predicted molar refractivity (Wildman–Crippen MR) is 53.9 cm³/mol. The molecule has 0 amide bonds. The van der Waals surface area contributed by atoms with E-state index in [1.165, 1.54) is 0 Å². The van der Waals surface area contributed by atoms with E-state index >= 15 is 0 Å². The van der Waals surface area contributed by atoms with Gasteiger partial charge in [-0.3, -0.25) is 8.75 Å². The van der Waals surface area contributed by atoms with Gasteiger partial charge >= 0.3 is 23.9 Å². The Labute approximate surface area is 97.5 Å². The van der Waals surface area contributed by atoms with E-state index in [2.05, 4.69) is 4.18 Å². The van der Waals surface area contributed by atoms with Crippen molar-refractivity contribution in [1.82, 2.24) is 0 Å². The van der Waals surface area contributed by atoms with Gasteiger partial charge in [-0.1, -0.05) is 13.8 Å². The third-order valence-electron chi connectivity index (χ3n) is 1.46. The molecule has 6 nitrogen and oxygen atoms in total. The zero-order chi connectivity index (χ0) is 14.3. The molecule has 0 unspecified atom stereocenters. The van der Waals surface area contributed by atoms with Crippen LogP contribution in [-0.2, 0) is 18.9 Å². The molecule has 0 aromatic carbocycles. The van der Waals surface area contributed by atoms with Crippen molar-refractivity contribution in [1.29, 1.82) is 0 Å². The maximum Gasteiger partial charge on any atom is 0.523 e. The zero-order valence-corrected chi connectivity index (χ0v) is 10.9. The number of hydrogen-bond donors (Lipinski definition) is 2. The Morgan fingerprint density at radius 3 is 1.71 bits per heavy atom. The highest BCUT2D eigenvalue weighted by molar-refractivity contribution is 7.87. The minimum absolute atomic E-state index is 0.228. The summed E-state index contributed by atoms with van der Waals surface area (Å²) in [5.74, 6) is 0. The SMILES string of the molecule is CCC(CC)OS(=O)(=O)C(F)(F)F.O=[PH](O)O. The summed E-state index contributed by atoms with van der Waals surface area (Å²) in [6.07, 6.45) is -0.441. The molecule has 0 rings (SSSR count). The second kappa shape index (κ2) is 8.04. The molecule has 0 aliphatic rings. The van der Waals surface area contributed by atoms with Crippen LogP contribution in [0.5, 0.6) is 0 Å². The van der Waals surface area contributed by atoms with Gasteiger partial charge < -0.3 is 9.79 Å². The van der Waals surface area contributed by atoms with E-state index in [4.69, 9.17) is 14.4 Å². The van der Waals surface area contributed by atoms with Crippen molar-refractivity contribution in [2.24, 2.45) is 0 Å². The monoisotopic (exact) mass is 302 g/mol. The van der Waals surface area contributed by atoms with Gasteiger partial charge in [0.2, 0.25) is 0 Å². The first kappa shape index (κ1) is 19.2. The van der Waals surface area contributed by atoms with Gasteiger partial charge in [0, 0.05) is 0 Å². The van der Waals surface area contributed by atoms with E-state index in [-0.39, 0.29) is 12.8 Å². The van der Waals surface area contributed by atoms with E-state index in [1.807, 2.05) is 0 Å². The Balaban J connectivity index is 0. The van der Waals surface area contributed by atoms with Gasteiger partial charge in [-0.15, -0.1) is 0 Å². The fourth-order valence-corrected chi connectivity index (χ4v) is 1.40. The Hall–Kier alpha value is -0.150. The number of alkyl halides is 3. The maximum absolute atomic E-state index is 11.8. The third-order valence-corrected chi connectivity index (χ3v) is 2.55. The second-order valence-electron chi connectivity index (χ2n) is 2.72. The zero-order valence-electron chi connectivity index (χ0n) is 9.06. The molecule has 0 fully saturated rings. The summed E-state index contributed by atoms with van der Waals surface area (Å²) in [4.78, 5) is 14.3. The highest BCUT2D eigenvalue weighted by Crippen LogP contribution is 2.26. The predicted octanol–water partition coefficient (Wildman–Crippen LogP) is 1.40. The summed E-state index contributed by atoms with van der Waals surface area (Å²) in [6.45, 7) is 3.11. The van der Waals surface area contributed by atoms with E-state index in [9.17, 15) is 21.6 Å². The highest BCUT2D eigenvalue weighted by atomic mass is 32.2. The summed E-state index contributed by atoms with van der Waals surface area (Å²) < 4.78 is 68.8. The summed E-state index contributed by atoms with van der Waals surface area (Å²) in [6, 6.07) is 0. The molecule has 11 heteroatoms. The lowest BCUT2D eigenvalue weighted by molar-refractivity contribution is -0.0575. The Bertz CT molecular complexity index is 319. The fraction of sp³-hybridized carbons (Fsp3) is 1.00. The van der Waals surface area contributed by atoms with Crippen molar-refractivity contribution in [3.8, 4) is 0 Å². The first-order valence-corrected chi connectivity index (χ1v) is 7.10. The summed E-state index contributed by atoms with van der Waals surface area (Å²) in [7, 11) is -8.55. The largest absolute Gasteiger partial charge is 0.523 e. The fourth-order valence-electron chi connectivity index (χ4n) is 0.658. The van der Waals surface area contributed by atoms with Crippen molar-refractivity contribution >= 4 is 18.4 Å². The Morgan fingerprint density at radius 1 is 1.24 bits per heavy atom. The number of rotatable bonds is 4. The molecular formula is C6H14F3O6PS. The van der Waals surface area contributed by atoms with Gasteiger partial charge in [0.1, 0.15) is 0 Å². The molecule has 0 saturated heterocycles. The minimum atomic E-state index is -5.42.